The first-order valence-electron chi connectivity index (χ1n) is 10.4. The maximum Gasteiger partial charge on any atom is 0.431 e. The molecule has 1 aliphatic heterocycles. The van der Waals surface area contributed by atoms with Gasteiger partial charge in [0.1, 0.15) is 41.9 Å². The van der Waals surface area contributed by atoms with Crippen LogP contribution in [0.1, 0.15) is 23.0 Å². The quantitative estimate of drug-likeness (QED) is 0.513. The molecule has 2 heterocycles. The van der Waals surface area contributed by atoms with Gasteiger partial charge in [-0.15, -0.1) is 0 Å². The second-order valence-corrected chi connectivity index (χ2v) is 8.31. The first kappa shape index (κ1) is 27.5. The van der Waals surface area contributed by atoms with Gasteiger partial charge in [-0.05, 0) is 30.7 Å². The third-order valence-corrected chi connectivity index (χ3v) is 5.03. The smallest absolute Gasteiger partial charge is 0.431 e. The zero-order valence-corrected chi connectivity index (χ0v) is 18.8. The van der Waals surface area contributed by atoms with Crippen molar-refractivity contribution in [2.75, 3.05) is 33.0 Å². The van der Waals surface area contributed by atoms with Crippen LogP contribution in [0, 0.1) is 0 Å². The highest BCUT2D eigenvalue weighted by molar-refractivity contribution is 5.94. The van der Waals surface area contributed by atoms with Crippen molar-refractivity contribution in [2.45, 2.75) is 31.0 Å². The topological polar surface area (TPSA) is 113 Å². The molecule has 36 heavy (non-hydrogen) atoms. The Labute approximate surface area is 200 Å². The molecule has 2 atom stereocenters. The molecule has 1 aliphatic rings. The standard InChI is InChI=1S/C22H22F6N2O6/c1-20(10-34-11-21(23,24)25)9-33-7-14(36-20)8-35-13-4-2-12(3-5-13)15-6-16(18(29)31)19(32)30-17(15)22(26,27)28/h2-6,14H,7-11H2,1H3,(H2,29,31)(H,30,32)/t14-,20+/m0/s1. The van der Waals surface area contributed by atoms with Crippen LogP contribution in [0.5, 0.6) is 5.75 Å². The van der Waals surface area contributed by atoms with Crippen molar-refractivity contribution in [2.24, 2.45) is 5.73 Å². The van der Waals surface area contributed by atoms with E-state index in [4.69, 9.17) is 19.9 Å². The molecule has 0 bridgehead atoms. The van der Waals surface area contributed by atoms with Gasteiger partial charge in [0.2, 0.25) is 0 Å². The maximum atomic E-state index is 13.5. The number of hydrogen-bond donors (Lipinski definition) is 2. The first-order valence-corrected chi connectivity index (χ1v) is 10.4. The summed E-state index contributed by atoms with van der Waals surface area (Å²) in [6, 6.07) is 6.07. The summed E-state index contributed by atoms with van der Waals surface area (Å²) in [6.45, 7) is -0.184. The summed E-state index contributed by atoms with van der Waals surface area (Å²) in [5.74, 6) is -0.937. The number of amides is 1. The van der Waals surface area contributed by atoms with Gasteiger partial charge >= 0.3 is 12.4 Å². The molecule has 3 N–H and O–H groups in total. The zero-order valence-electron chi connectivity index (χ0n) is 18.8. The SMILES string of the molecule is C[C@]1(COCC(F)(F)F)COC[C@@H](COc2ccc(-c3cc(C(N)=O)c(=O)[nH]c3C(F)(F)F)cc2)O1. The molecule has 0 aliphatic carbocycles. The molecule has 198 valence electrons. The van der Waals surface area contributed by atoms with Gasteiger partial charge in [0.05, 0.1) is 19.8 Å². The van der Waals surface area contributed by atoms with E-state index in [0.29, 0.717) is 0 Å². The largest absolute Gasteiger partial charge is 0.491 e. The predicted molar refractivity (Wildman–Crippen MR) is 112 cm³/mol. The molecule has 2 aromatic rings. The van der Waals surface area contributed by atoms with Gasteiger partial charge in [0, 0.05) is 5.56 Å². The molecule has 1 amide bonds. The minimum absolute atomic E-state index is 0.0179. The molecular weight excluding hydrogens is 502 g/mol. The van der Waals surface area contributed by atoms with E-state index in [2.05, 4.69) is 4.74 Å². The lowest BCUT2D eigenvalue weighted by atomic mass is 10.0. The second-order valence-electron chi connectivity index (χ2n) is 8.31. The molecule has 1 aromatic carbocycles. The Balaban J connectivity index is 1.68. The molecule has 1 aromatic heterocycles. The van der Waals surface area contributed by atoms with Crippen LogP contribution in [0.15, 0.2) is 35.1 Å². The van der Waals surface area contributed by atoms with Crippen LogP contribution in [0.4, 0.5) is 26.3 Å². The second kappa shape index (κ2) is 10.5. The van der Waals surface area contributed by atoms with Gasteiger partial charge in [-0.1, -0.05) is 12.1 Å². The van der Waals surface area contributed by atoms with Gasteiger partial charge in [0.15, 0.2) is 0 Å². The van der Waals surface area contributed by atoms with Crippen molar-refractivity contribution >= 4 is 5.91 Å². The van der Waals surface area contributed by atoms with E-state index in [9.17, 15) is 35.9 Å². The summed E-state index contributed by atoms with van der Waals surface area (Å²) in [7, 11) is 0. The van der Waals surface area contributed by atoms with Crippen LogP contribution in [0.2, 0.25) is 0 Å². The Bertz CT molecular complexity index is 1130. The highest BCUT2D eigenvalue weighted by atomic mass is 19.4. The molecule has 0 unspecified atom stereocenters. The maximum absolute atomic E-state index is 13.5. The highest BCUT2D eigenvalue weighted by Gasteiger charge is 2.37. The van der Waals surface area contributed by atoms with Crippen LogP contribution in [-0.4, -0.2) is 61.8 Å². The van der Waals surface area contributed by atoms with Crippen LogP contribution >= 0.6 is 0 Å². The number of H-pyrrole nitrogens is 1. The third-order valence-electron chi connectivity index (χ3n) is 5.03. The highest BCUT2D eigenvalue weighted by Crippen LogP contribution is 2.36. The van der Waals surface area contributed by atoms with E-state index in [0.717, 1.165) is 6.07 Å². The van der Waals surface area contributed by atoms with Crippen molar-refractivity contribution in [3.05, 3.63) is 51.9 Å². The third kappa shape index (κ3) is 7.21. The molecular formula is C22H22F6N2O6. The van der Waals surface area contributed by atoms with Gasteiger partial charge in [-0.3, -0.25) is 9.59 Å². The lowest BCUT2D eigenvalue weighted by molar-refractivity contribution is -0.234. The number of primary amides is 1. The minimum atomic E-state index is -4.91. The van der Waals surface area contributed by atoms with Gasteiger partial charge in [-0.25, -0.2) is 0 Å². The molecule has 0 spiro atoms. The average molecular weight is 524 g/mol. The number of pyridine rings is 1. The van der Waals surface area contributed by atoms with E-state index >= 15 is 0 Å². The number of aromatic nitrogens is 1. The molecule has 0 saturated carbocycles. The lowest BCUT2D eigenvalue weighted by Crippen LogP contribution is -2.50. The summed E-state index contributed by atoms with van der Waals surface area (Å²) in [5, 5.41) is 0. The number of alkyl halides is 6. The van der Waals surface area contributed by atoms with Crippen LogP contribution in [-0.2, 0) is 20.4 Å². The lowest BCUT2D eigenvalue weighted by Gasteiger charge is -2.38. The monoisotopic (exact) mass is 524 g/mol. The number of aromatic amines is 1. The number of hydrogen-bond acceptors (Lipinski definition) is 6. The van der Waals surface area contributed by atoms with E-state index in [1.807, 2.05) is 0 Å². The van der Waals surface area contributed by atoms with Crippen molar-refractivity contribution in [1.82, 2.24) is 4.98 Å². The Morgan fingerprint density at radius 2 is 1.86 bits per heavy atom. The van der Waals surface area contributed by atoms with Crippen molar-refractivity contribution in [3.63, 3.8) is 0 Å². The van der Waals surface area contributed by atoms with E-state index in [1.165, 1.54) is 31.2 Å². The fourth-order valence-corrected chi connectivity index (χ4v) is 3.50. The minimum Gasteiger partial charge on any atom is -0.491 e. The molecule has 1 fully saturated rings. The van der Waals surface area contributed by atoms with E-state index in [-0.39, 0.29) is 37.7 Å². The number of rotatable bonds is 8. The fraction of sp³-hybridized carbons (Fsp3) is 0.455. The average Bonchev–Trinajstić information content (AvgIpc) is 2.76. The number of ether oxygens (including phenoxy) is 4. The van der Waals surface area contributed by atoms with Gasteiger partial charge in [0.25, 0.3) is 11.5 Å². The van der Waals surface area contributed by atoms with Crippen molar-refractivity contribution < 1.29 is 50.1 Å². The number of carbonyl (C=O) groups excluding carboxylic acids is 1. The summed E-state index contributed by atoms with van der Waals surface area (Å²) >= 11 is 0. The summed E-state index contributed by atoms with van der Waals surface area (Å²) in [5.41, 5.74) is 0.292. The Kier molecular flexibility index (Phi) is 8.00. The fourth-order valence-electron chi connectivity index (χ4n) is 3.50. The number of benzene rings is 1. The normalized spacial score (nSPS) is 20.8. The number of halogens is 6. The molecule has 0 radical (unpaired) electrons. The molecule has 1 saturated heterocycles. The Morgan fingerprint density at radius 1 is 1.19 bits per heavy atom. The summed E-state index contributed by atoms with van der Waals surface area (Å²) in [6.07, 6.45) is -10.0. The van der Waals surface area contributed by atoms with E-state index in [1.54, 1.807) is 4.98 Å². The number of nitrogens with two attached hydrogens (primary N) is 1. The summed E-state index contributed by atoms with van der Waals surface area (Å²) in [4.78, 5) is 24.9. The Morgan fingerprint density at radius 3 is 2.44 bits per heavy atom. The number of carbonyl (C=O) groups is 1. The van der Waals surface area contributed by atoms with Crippen molar-refractivity contribution in [3.8, 4) is 16.9 Å². The predicted octanol–water partition coefficient (Wildman–Crippen LogP) is 3.29. The van der Waals surface area contributed by atoms with Crippen LogP contribution in [0.3, 0.4) is 0 Å². The van der Waals surface area contributed by atoms with Crippen LogP contribution < -0.4 is 16.0 Å². The zero-order chi connectivity index (χ0) is 26.7. The van der Waals surface area contributed by atoms with E-state index < -0.39 is 59.0 Å². The molecule has 3 rings (SSSR count). The van der Waals surface area contributed by atoms with Crippen molar-refractivity contribution in [1.29, 1.82) is 0 Å². The molecule has 8 nitrogen and oxygen atoms in total. The first-order chi connectivity index (χ1) is 16.7. The number of nitrogens with one attached hydrogen (secondary N) is 1. The summed E-state index contributed by atoms with van der Waals surface area (Å²) < 4.78 is 98.7. The van der Waals surface area contributed by atoms with Crippen LogP contribution in [0.25, 0.3) is 11.1 Å². The molecule has 14 heteroatoms. The Hall–Kier alpha value is -3.10. The van der Waals surface area contributed by atoms with Gasteiger partial charge < -0.3 is 29.7 Å². The van der Waals surface area contributed by atoms with Gasteiger partial charge in [-0.2, -0.15) is 26.3 Å².